The predicted octanol–water partition coefficient (Wildman–Crippen LogP) is 1.77. The number of aryl methyl sites for hydroxylation is 1. The molecule has 1 rings (SSSR count). The monoisotopic (exact) mass is 535 g/mol. The van der Waals surface area contributed by atoms with Gasteiger partial charge in [0.05, 0.1) is 62.7 Å². The smallest absolute Gasteiger partial charge is 0.407 e. The fourth-order valence-electron chi connectivity index (χ4n) is 2.68. The SMILES string of the molecule is Cc1cc([N+](=O)[O-])ccc1S(=O)(=O)NCCOCCOCCOCCOCCNC(=O)OC(C)(C)C. The lowest BCUT2D eigenvalue weighted by Crippen LogP contribution is -2.34. The van der Waals surface area contributed by atoms with Crippen LogP contribution < -0.4 is 10.0 Å². The maximum Gasteiger partial charge on any atom is 0.407 e. The number of nitro groups is 1. The van der Waals surface area contributed by atoms with E-state index in [-0.39, 0.29) is 35.9 Å². The Morgan fingerprint density at radius 2 is 1.42 bits per heavy atom. The van der Waals surface area contributed by atoms with Crippen LogP contribution in [0.2, 0.25) is 0 Å². The maximum atomic E-state index is 12.3. The zero-order chi connectivity index (χ0) is 27.0. The van der Waals surface area contributed by atoms with Gasteiger partial charge < -0.3 is 29.0 Å². The van der Waals surface area contributed by atoms with Gasteiger partial charge in [-0.05, 0) is 39.3 Å². The van der Waals surface area contributed by atoms with Crippen LogP contribution in [0.4, 0.5) is 10.5 Å². The van der Waals surface area contributed by atoms with Gasteiger partial charge in [-0.1, -0.05) is 0 Å². The zero-order valence-electron chi connectivity index (χ0n) is 21.2. The first kappa shape index (κ1) is 31.7. The van der Waals surface area contributed by atoms with E-state index in [1.165, 1.54) is 19.1 Å². The molecular formula is C22H37N3O10S. The average Bonchev–Trinajstić information content (AvgIpc) is 2.77. The van der Waals surface area contributed by atoms with E-state index in [0.29, 0.717) is 46.2 Å². The van der Waals surface area contributed by atoms with Crippen molar-refractivity contribution in [1.29, 1.82) is 0 Å². The molecule has 2 N–H and O–H groups in total. The highest BCUT2D eigenvalue weighted by Gasteiger charge is 2.19. The van der Waals surface area contributed by atoms with Gasteiger partial charge in [0.2, 0.25) is 10.0 Å². The molecule has 0 saturated carbocycles. The van der Waals surface area contributed by atoms with Crippen molar-refractivity contribution < 1.29 is 41.8 Å². The van der Waals surface area contributed by atoms with Crippen LogP contribution in [0.25, 0.3) is 0 Å². The number of hydrogen-bond acceptors (Lipinski definition) is 10. The van der Waals surface area contributed by atoms with E-state index in [4.69, 9.17) is 23.7 Å². The Hall–Kier alpha value is -2.36. The number of nitrogens with zero attached hydrogens (tertiary/aromatic N) is 1. The molecule has 0 aromatic heterocycles. The molecule has 0 aliphatic heterocycles. The van der Waals surface area contributed by atoms with Crippen LogP contribution in [-0.4, -0.2) is 91.0 Å². The number of hydrogen-bond donors (Lipinski definition) is 2. The van der Waals surface area contributed by atoms with Gasteiger partial charge in [0, 0.05) is 25.2 Å². The molecule has 0 spiro atoms. The summed E-state index contributed by atoms with van der Waals surface area (Å²) in [5.74, 6) is 0. The number of carbonyl (C=O) groups excluding carboxylic acids is 1. The summed E-state index contributed by atoms with van der Waals surface area (Å²) in [5.41, 5.74) is -0.418. The molecule has 1 amide bonds. The number of sulfonamides is 1. The lowest BCUT2D eigenvalue weighted by molar-refractivity contribution is -0.385. The van der Waals surface area contributed by atoms with Gasteiger partial charge in [0.1, 0.15) is 5.60 Å². The number of ether oxygens (including phenoxy) is 5. The molecule has 0 heterocycles. The molecule has 206 valence electrons. The molecule has 13 nitrogen and oxygen atoms in total. The van der Waals surface area contributed by atoms with E-state index in [0.717, 1.165) is 6.07 Å². The second kappa shape index (κ2) is 16.4. The highest BCUT2D eigenvalue weighted by Crippen LogP contribution is 2.20. The van der Waals surface area contributed by atoms with Crippen LogP contribution in [0.15, 0.2) is 23.1 Å². The van der Waals surface area contributed by atoms with E-state index in [1.54, 1.807) is 20.8 Å². The van der Waals surface area contributed by atoms with Crippen molar-refractivity contribution in [3.63, 3.8) is 0 Å². The first-order valence-electron chi connectivity index (χ1n) is 11.4. The number of amides is 1. The summed E-state index contributed by atoms with van der Waals surface area (Å²) in [5, 5.41) is 13.4. The number of non-ortho nitro benzene ring substituents is 1. The van der Waals surface area contributed by atoms with Crippen molar-refractivity contribution in [1.82, 2.24) is 10.0 Å². The van der Waals surface area contributed by atoms with Crippen molar-refractivity contribution in [3.8, 4) is 0 Å². The Morgan fingerprint density at radius 3 is 1.89 bits per heavy atom. The van der Waals surface area contributed by atoms with Gasteiger partial charge in [-0.3, -0.25) is 10.1 Å². The molecule has 0 bridgehead atoms. The minimum atomic E-state index is -3.80. The van der Waals surface area contributed by atoms with Crippen molar-refractivity contribution in [2.24, 2.45) is 0 Å². The Labute approximate surface area is 212 Å². The third-order valence-corrected chi connectivity index (χ3v) is 5.85. The van der Waals surface area contributed by atoms with Gasteiger partial charge in [-0.2, -0.15) is 0 Å². The number of alkyl carbamates (subject to hydrolysis) is 1. The van der Waals surface area contributed by atoms with Crippen LogP contribution in [0.1, 0.15) is 26.3 Å². The summed E-state index contributed by atoms with van der Waals surface area (Å²) in [7, 11) is -3.80. The predicted molar refractivity (Wildman–Crippen MR) is 131 cm³/mol. The van der Waals surface area contributed by atoms with Crippen molar-refractivity contribution in [2.45, 2.75) is 38.2 Å². The van der Waals surface area contributed by atoms with E-state index >= 15 is 0 Å². The summed E-state index contributed by atoms with van der Waals surface area (Å²) in [6.45, 7) is 9.89. The van der Waals surface area contributed by atoms with Crippen LogP contribution in [0, 0.1) is 17.0 Å². The van der Waals surface area contributed by atoms with E-state index in [9.17, 15) is 23.3 Å². The van der Waals surface area contributed by atoms with Gasteiger partial charge in [0.15, 0.2) is 0 Å². The van der Waals surface area contributed by atoms with Crippen molar-refractivity contribution in [2.75, 3.05) is 65.9 Å². The highest BCUT2D eigenvalue weighted by atomic mass is 32.2. The fourth-order valence-corrected chi connectivity index (χ4v) is 3.91. The summed E-state index contributed by atoms with van der Waals surface area (Å²) in [6.07, 6.45) is -0.484. The molecule has 1 aromatic carbocycles. The van der Waals surface area contributed by atoms with Crippen LogP contribution in [0.3, 0.4) is 0 Å². The number of benzene rings is 1. The maximum absolute atomic E-state index is 12.3. The number of nitro benzene ring substituents is 1. The zero-order valence-corrected chi connectivity index (χ0v) is 22.1. The molecule has 0 fully saturated rings. The van der Waals surface area contributed by atoms with Crippen molar-refractivity contribution in [3.05, 3.63) is 33.9 Å². The topological polar surface area (TPSA) is 165 Å². The van der Waals surface area contributed by atoms with E-state index < -0.39 is 26.6 Å². The number of carbonyl (C=O) groups is 1. The number of nitrogens with one attached hydrogen (secondary N) is 2. The normalized spacial score (nSPS) is 11.9. The number of rotatable bonds is 18. The second-order valence-corrected chi connectivity index (χ2v) is 10.2. The molecule has 0 atom stereocenters. The largest absolute Gasteiger partial charge is 0.444 e. The summed E-state index contributed by atoms with van der Waals surface area (Å²) < 4.78 is 53.6. The van der Waals surface area contributed by atoms with E-state index in [2.05, 4.69) is 10.0 Å². The first-order valence-corrected chi connectivity index (χ1v) is 12.9. The lowest BCUT2D eigenvalue weighted by Gasteiger charge is -2.19. The quantitative estimate of drug-likeness (QED) is 0.161. The molecule has 0 radical (unpaired) electrons. The van der Waals surface area contributed by atoms with Crippen LogP contribution >= 0.6 is 0 Å². The van der Waals surface area contributed by atoms with Crippen molar-refractivity contribution >= 4 is 21.8 Å². The Morgan fingerprint density at radius 1 is 0.917 bits per heavy atom. The standard InChI is InChI=1S/C22H37N3O10S/c1-18-17-19(25(27)28)5-6-20(18)36(29,30)24-8-10-32-12-14-34-16-15-33-13-11-31-9-7-23-21(26)35-22(2,3)4/h5-6,17,24H,7-16H2,1-4H3,(H,23,26). The Kier molecular flexibility index (Phi) is 14.4. The molecule has 14 heteroatoms. The average molecular weight is 536 g/mol. The third kappa shape index (κ3) is 14.3. The minimum absolute atomic E-state index is 0.0145. The summed E-state index contributed by atoms with van der Waals surface area (Å²) in [4.78, 5) is 21.6. The van der Waals surface area contributed by atoms with Gasteiger partial charge >= 0.3 is 6.09 Å². The van der Waals surface area contributed by atoms with Gasteiger partial charge in [0.25, 0.3) is 5.69 Å². The fraction of sp³-hybridized carbons (Fsp3) is 0.682. The Balaban J connectivity index is 1.97. The molecule has 0 aliphatic rings. The molecule has 0 unspecified atom stereocenters. The summed E-state index contributed by atoms with van der Waals surface area (Å²) >= 11 is 0. The first-order chi connectivity index (χ1) is 16.9. The summed E-state index contributed by atoms with van der Waals surface area (Å²) in [6, 6.07) is 3.58. The van der Waals surface area contributed by atoms with Crippen LogP contribution in [-0.2, 0) is 33.7 Å². The lowest BCUT2D eigenvalue weighted by atomic mass is 10.2. The molecule has 36 heavy (non-hydrogen) atoms. The van der Waals surface area contributed by atoms with Crippen LogP contribution in [0.5, 0.6) is 0 Å². The minimum Gasteiger partial charge on any atom is -0.444 e. The molecule has 1 aromatic rings. The van der Waals surface area contributed by atoms with E-state index in [1.807, 2.05) is 0 Å². The molecule has 0 saturated heterocycles. The highest BCUT2D eigenvalue weighted by molar-refractivity contribution is 7.89. The van der Waals surface area contributed by atoms with Gasteiger partial charge in [-0.15, -0.1) is 0 Å². The third-order valence-electron chi connectivity index (χ3n) is 4.23. The second-order valence-electron chi connectivity index (χ2n) is 8.48. The molecular weight excluding hydrogens is 498 g/mol. The van der Waals surface area contributed by atoms with Gasteiger partial charge in [-0.25, -0.2) is 17.9 Å². The molecule has 0 aliphatic carbocycles. The Bertz CT molecular complexity index is 919.